The third kappa shape index (κ3) is 3.24. The van der Waals surface area contributed by atoms with Gasteiger partial charge in [0.2, 0.25) is 0 Å². The lowest BCUT2D eigenvalue weighted by molar-refractivity contribution is -0.155. The van der Waals surface area contributed by atoms with E-state index in [0.29, 0.717) is 24.0 Å². The monoisotopic (exact) mass is 398 g/mol. The highest BCUT2D eigenvalue weighted by Gasteiger charge is 2.61. The number of ketones is 1. The van der Waals surface area contributed by atoms with Crippen molar-refractivity contribution in [1.82, 2.24) is 0 Å². The summed E-state index contributed by atoms with van der Waals surface area (Å²) in [6.07, 6.45) is 14.0. The van der Waals surface area contributed by atoms with Gasteiger partial charge in [0.15, 0.2) is 0 Å². The molecule has 3 unspecified atom stereocenters. The second-order valence-electron chi connectivity index (χ2n) is 11.0. The van der Waals surface area contributed by atoms with Gasteiger partial charge in [0.1, 0.15) is 5.78 Å². The summed E-state index contributed by atoms with van der Waals surface area (Å²) in [4.78, 5) is 25.2. The number of hydrogen-bond acceptors (Lipinski definition) is 3. The Morgan fingerprint density at radius 2 is 2.03 bits per heavy atom. The van der Waals surface area contributed by atoms with Crippen molar-refractivity contribution in [3.8, 4) is 0 Å². The van der Waals surface area contributed by atoms with E-state index in [1.807, 2.05) is 6.08 Å². The molecule has 4 aliphatic rings. The highest BCUT2D eigenvalue weighted by molar-refractivity contribution is 5.85. The summed E-state index contributed by atoms with van der Waals surface area (Å²) < 4.78 is 4.75. The Hall–Kier alpha value is -1.38. The Morgan fingerprint density at radius 1 is 1.28 bits per heavy atom. The molecule has 0 N–H and O–H groups in total. The number of hydrogen-bond donors (Lipinski definition) is 0. The molecule has 3 fully saturated rings. The van der Waals surface area contributed by atoms with E-state index in [0.717, 1.165) is 18.3 Å². The highest BCUT2D eigenvalue weighted by Crippen LogP contribution is 2.66. The average Bonchev–Trinajstić information content (AvgIpc) is 3.02. The van der Waals surface area contributed by atoms with Crippen molar-refractivity contribution in [2.75, 3.05) is 7.11 Å². The van der Waals surface area contributed by atoms with Crippen LogP contribution in [0, 0.1) is 46.3 Å². The molecule has 0 spiro atoms. The molecule has 0 aliphatic heterocycles. The lowest BCUT2D eigenvalue weighted by atomic mass is 9.43. The van der Waals surface area contributed by atoms with Crippen LogP contribution < -0.4 is 0 Å². The first kappa shape index (κ1) is 20.9. The number of methoxy groups -OCH3 is 1. The van der Waals surface area contributed by atoms with Crippen LogP contribution in [0.2, 0.25) is 0 Å². The smallest absolute Gasteiger partial charge is 0.330 e. The highest BCUT2D eigenvalue weighted by atomic mass is 16.5. The second-order valence-corrected chi connectivity index (χ2v) is 11.0. The van der Waals surface area contributed by atoms with Crippen molar-refractivity contribution >= 4 is 11.8 Å². The van der Waals surface area contributed by atoms with Crippen LogP contribution in [-0.2, 0) is 14.3 Å². The van der Waals surface area contributed by atoms with Gasteiger partial charge in [-0.15, -0.1) is 0 Å². The average molecular weight is 399 g/mol. The predicted octanol–water partition coefficient (Wildman–Crippen LogP) is 5.75. The normalized spacial score (nSPS) is 45.2. The number of Topliss-reactive ketones (excluding diaryl/α,β-unsaturated/α-hetero) is 1. The minimum Gasteiger partial charge on any atom is -0.466 e. The standard InChI is InChI=1S/C26H38O3/c1-16-12-13-25(3)18(14-16)7-8-19-21-10-9-20(17(2)6-11-23(28)29-5)26(21,4)15-22(27)24(19)25/h6,9,11,16-19,21,24H,7-8,10,12-15H2,1-5H3/b11-6+/t16-,17+,18+,19?,21?,24?,25-,26+/m0/s1. The molecule has 3 nitrogen and oxygen atoms in total. The summed E-state index contributed by atoms with van der Waals surface area (Å²) in [6.45, 7) is 9.31. The Balaban J connectivity index is 1.59. The quantitative estimate of drug-likeness (QED) is 0.345. The molecule has 0 saturated heterocycles. The van der Waals surface area contributed by atoms with Crippen molar-refractivity contribution in [3.63, 3.8) is 0 Å². The maximum atomic E-state index is 13.7. The number of carbonyl (C=O) groups excluding carboxylic acids is 2. The fourth-order valence-electron chi connectivity index (χ4n) is 7.99. The number of esters is 1. The minimum atomic E-state index is -0.310. The molecule has 160 valence electrons. The first-order valence-corrected chi connectivity index (χ1v) is 11.7. The Bertz CT molecular complexity index is 749. The topological polar surface area (TPSA) is 43.4 Å². The number of carbonyl (C=O) groups is 2. The zero-order valence-corrected chi connectivity index (χ0v) is 18.9. The summed E-state index contributed by atoms with van der Waals surface area (Å²) in [6, 6.07) is 0. The Kier molecular flexibility index (Phi) is 5.32. The largest absolute Gasteiger partial charge is 0.466 e. The molecule has 4 aliphatic carbocycles. The molecule has 0 heterocycles. The molecule has 0 bridgehead atoms. The molecule has 0 aromatic carbocycles. The van der Waals surface area contributed by atoms with Crippen molar-refractivity contribution in [2.45, 2.75) is 72.6 Å². The van der Waals surface area contributed by atoms with Crippen LogP contribution >= 0.6 is 0 Å². The summed E-state index contributed by atoms with van der Waals surface area (Å²) in [7, 11) is 1.41. The zero-order chi connectivity index (χ0) is 21.0. The molecule has 0 radical (unpaired) electrons. The van der Waals surface area contributed by atoms with Gasteiger partial charge in [-0.2, -0.15) is 0 Å². The van der Waals surface area contributed by atoms with Crippen molar-refractivity contribution in [3.05, 3.63) is 23.8 Å². The SMILES string of the molecule is COC(=O)/C=C/[C@@H](C)C1=CCC2C3CC[C@@H]4C[C@@H](C)CC[C@]4(C)C3C(=O)C[C@]12C. The summed E-state index contributed by atoms with van der Waals surface area (Å²) in [5.74, 6) is 3.29. The molecular weight excluding hydrogens is 360 g/mol. The fourth-order valence-corrected chi connectivity index (χ4v) is 7.99. The maximum absolute atomic E-state index is 13.7. The van der Waals surface area contributed by atoms with Crippen molar-refractivity contribution in [1.29, 1.82) is 0 Å². The van der Waals surface area contributed by atoms with Gasteiger partial charge in [0.25, 0.3) is 0 Å². The van der Waals surface area contributed by atoms with Crippen LogP contribution in [0.3, 0.4) is 0 Å². The molecular formula is C26H38O3. The molecule has 29 heavy (non-hydrogen) atoms. The predicted molar refractivity (Wildman–Crippen MR) is 115 cm³/mol. The van der Waals surface area contributed by atoms with Gasteiger partial charge in [0, 0.05) is 18.4 Å². The van der Waals surface area contributed by atoms with Gasteiger partial charge in [-0.25, -0.2) is 4.79 Å². The third-order valence-electron chi connectivity index (χ3n) is 9.47. The number of fused-ring (bicyclic) bond motifs is 5. The first-order chi connectivity index (χ1) is 13.7. The molecule has 0 aromatic rings. The van der Waals surface area contributed by atoms with Crippen molar-refractivity contribution in [2.24, 2.45) is 46.3 Å². The fraction of sp³-hybridized carbons (Fsp3) is 0.769. The van der Waals surface area contributed by atoms with Gasteiger partial charge in [-0.05, 0) is 72.5 Å². The van der Waals surface area contributed by atoms with E-state index < -0.39 is 0 Å². The van der Waals surface area contributed by atoms with E-state index in [-0.39, 0.29) is 28.6 Å². The molecule has 3 saturated carbocycles. The number of ether oxygens (including phenoxy) is 1. The van der Waals surface area contributed by atoms with E-state index in [9.17, 15) is 9.59 Å². The lowest BCUT2D eigenvalue weighted by Crippen LogP contribution is -2.57. The Labute approximate surface area is 176 Å². The lowest BCUT2D eigenvalue weighted by Gasteiger charge is -2.60. The van der Waals surface area contributed by atoms with E-state index in [1.54, 1.807) is 0 Å². The molecule has 4 rings (SSSR count). The molecule has 3 heteroatoms. The van der Waals surface area contributed by atoms with Crippen LogP contribution in [-0.4, -0.2) is 18.9 Å². The number of allylic oxidation sites excluding steroid dienone is 3. The minimum absolute atomic E-state index is 0.0523. The van der Waals surface area contributed by atoms with Crippen LogP contribution in [0.15, 0.2) is 23.8 Å². The van der Waals surface area contributed by atoms with Crippen LogP contribution in [0.25, 0.3) is 0 Å². The van der Waals surface area contributed by atoms with Crippen LogP contribution in [0.1, 0.15) is 72.6 Å². The van der Waals surface area contributed by atoms with E-state index in [1.165, 1.54) is 50.9 Å². The van der Waals surface area contributed by atoms with Gasteiger partial charge in [0.05, 0.1) is 7.11 Å². The van der Waals surface area contributed by atoms with E-state index in [2.05, 4.69) is 33.8 Å². The van der Waals surface area contributed by atoms with Gasteiger partial charge >= 0.3 is 5.97 Å². The van der Waals surface area contributed by atoms with Gasteiger partial charge < -0.3 is 4.74 Å². The molecule has 0 aromatic heterocycles. The maximum Gasteiger partial charge on any atom is 0.330 e. The second kappa shape index (κ2) is 7.39. The van der Waals surface area contributed by atoms with E-state index in [4.69, 9.17) is 4.74 Å². The summed E-state index contributed by atoms with van der Waals surface area (Å²) in [5.41, 5.74) is 1.52. The summed E-state index contributed by atoms with van der Waals surface area (Å²) in [5, 5.41) is 0. The molecule has 8 atom stereocenters. The Morgan fingerprint density at radius 3 is 2.76 bits per heavy atom. The van der Waals surface area contributed by atoms with Gasteiger partial charge in [-0.1, -0.05) is 51.8 Å². The zero-order valence-electron chi connectivity index (χ0n) is 18.9. The number of rotatable bonds is 3. The first-order valence-electron chi connectivity index (χ1n) is 11.7. The van der Waals surface area contributed by atoms with Gasteiger partial charge in [-0.3, -0.25) is 4.79 Å². The van der Waals surface area contributed by atoms with Crippen LogP contribution in [0.4, 0.5) is 0 Å². The van der Waals surface area contributed by atoms with E-state index >= 15 is 0 Å². The summed E-state index contributed by atoms with van der Waals surface area (Å²) >= 11 is 0. The third-order valence-corrected chi connectivity index (χ3v) is 9.47. The van der Waals surface area contributed by atoms with Crippen molar-refractivity contribution < 1.29 is 14.3 Å². The molecule has 0 amide bonds. The van der Waals surface area contributed by atoms with Crippen LogP contribution in [0.5, 0.6) is 0 Å².